The molecular weight excluding hydrogens is 351 g/mol. The molecular formula is C3H9AlO12S3. The number of rotatable bonds is 3. The minimum absolute atomic E-state index is 0. The van der Waals surface area contributed by atoms with Gasteiger partial charge in [-0.3, -0.25) is 13.7 Å². The molecule has 114 valence electrons. The van der Waals surface area contributed by atoms with Crippen LogP contribution in [0.1, 0.15) is 0 Å². The fourth-order valence-corrected chi connectivity index (χ4v) is 0. The molecule has 0 bridgehead atoms. The summed E-state index contributed by atoms with van der Waals surface area (Å²) in [6, 6.07) is 0. The molecule has 0 radical (unpaired) electrons. The summed E-state index contributed by atoms with van der Waals surface area (Å²) in [4.78, 5) is 0. The SMILES string of the molecule is O=S(=O)(O)C[O-].O=S(=O)(O)C[O-].O=S(=O)(O)C[O-].[Al+3]. The monoisotopic (exact) mass is 360 g/mol. The Bertz CT molecular complexity index is 410. The Morgan fingerprint density at radius 2 is 0.632 bits per heavy atom. The number of hydrogen-bond donors (Lipinski definition) is 3. The first kappa shape index (κ1) is 27.5. The third kappa shape index (κ3) is 56.6. The summed E-state index contributed by atoms with van der Waals surface area (Å²) >= 11 is 0. The Hall–Kier alpha value is 0.142. The summed E-state index contributed by atoms with van der Waals surface area (Å²) in [5.74, 6) is -4.35. The number of hydrogen-bond acceptors (Lipinski definition) is 9. The smallest absolute Gasteiger partial charge is 0.841 e. The van der Waals surface area contributed by atoms with Gasteiger partial charge < -0.3 is 15.3 Å². The van der Waals surface area contributed by atoms with Crippen LogP contribution in [0.4, 0.5) is 0 Å². The van der Waals surface area contributed by atoms with Crippen LogP contribution in [0, 0.1) is 0 Å². The first-order valence-corrected chi connectivity index (χ1v) is 8.11. The van der Waals surface area contributed by atoms with Gasteiger partial charge in [0.1, 0.15) is 0 Å². The van der Waals surface area contributed by atoms with E-state index >= 15 is 0 Å². The van der Waals surface area contributed by atoms with Crippen LogP contribution in [0.2, 0.25) is 0 Å². The Morgan fingerprint density at radius 3 is 0.632 bits per heavy atom. The molecule has 0 heterocycles. The van der Waals surface area contributed by atoms with Gasteiger partial charge in [0.05, 0.1) is 0 Å². The van der Waals surface area contributed by atoms with Crippen molar-refractivity contribution in [3.63, 3.8) is 0 Å². The van der Waals surface area contributed by atoms with E-state index < -0.39 is 48.2 Å². The minimum Gasteiger partial charge on any atom is -0.841 e. The first-order chi connectivity index (χ1) is 7.68. The normalized spacial score (nSPS) is 11.1. The van der Waals surface area contributed by atoms with Gasteiger partial charge in [0.2, 0.25) is 30.4 Å². The summed E-state index contributed by atoms with van der Waals surface area (Å²) in [5.41, 5.74) is 0. The first-order valence-electron chi connectivity index (χ1n) is 3.28. The van der Waals surface area contributed by atoms with Crippen LogP contribution >= 0.6 is 0 Å². The predicted octanol–water partition coefficient (Wildman–Crippen LogP) is -5.80. The van der Waals surface area contributed by atoms with Gasteiger partial charge >= 0.3 is 17.4 Å². The van der Waals surface area contributed by atoms with E-state index in [1.165, 1.54) is 0 Å². The summed E-state index contributed by atoms with van der Waals surface area (Å²) in [6.45, 7) is 0. The van der Waals surface area contributed by atoms with Crippen LogP contribution < -0.4 is 15.3 Å². The summed E-state index contributed by atoms with van der Waals surface area (Å²) in [6.07, 6.45) is 0. The van der Waals surface area contributed by atoms with Crippen molar-refractivity contribution in [1.29, 1.82) is 0 Å². The summed E-state index contributed by atoms with van der Waals surface area (Å²) in [5, 5.41) is 27.3. The molecule has 0 aliphatic heterocycles. The molecule has 0 aromatic carbocycles. The van der Waals surface area contributed by atoms with Gasteiger partial charge in [-0.05, 0) is 17.8 Å². The Morgan fingerprint density at radius 1 is 0.579 bits per heavy atom. The van der Waals surface area contributed by atoms with Gasteiger partial charge in [-0.25, -0.2) is 25.3 Å². The van der Waals surface area contributed by atoms with Gasteiger partial charge in [-0.1, -0.05) is 0 Å². The van der Waals surface area contributed by atoms with Crippen LogP contribution in [-0.2, 0) is 30.4 Å². The molecule has 19 heavy (non-hydrogen) atoms. The molecule has 0 spiro atoms. The maximum absolute atomic E-state index is 9.24. The molecule has 0 unspecified atom stereocenters. The van der Waals surface area contributed by atoms with E-state index in [1.807, 2.05) is 0 Å². The second kappa shape index (κ2) is 11.9. The molecule has 3 N–H and O–H groups in total. The Balaban J connectivity index is -0.0000000865. The summed E-state index contributed by atoms with van der Waals surface area (Å²) < 4.78 is 77.9. The zero-order valence-corrected chi connectivity index (χ0v) is 12.5. The van der Waals surface area contributed by atoms with Crippen molar-refractivity contribution in [1.82, 2.24) is 0 Å². The average molecular weight is 360 g/mol. The van der Waals surface area contributed by atoms with Gasteiger partial charge in [0.15, 0.2) is 0 Å². The molecule has 0 atom stereocenters. The molecule has 0 amide bonds. The minimum atomic E-state index is -4.22. The molecule has 0 aromatic heterocycles. The van der Waals surface area contributed by atoms with Crippen LogP contribution in [0.5, 0.6) is 0 Å². The van der Waals surface area contributed by atoms with Crippen LogP contribution in [0.3, 0.4) is 0 Å². The van der Waals surface area contributed by atoms with E-state index in [4.69, 9.17) is 29.0 Å². The van der Waals surface area contributed by atoms with E-state index in [0.717, 1.165) is 0 Å². The third-order valence-electron chi connectivity index (χ3n) is 0.447. The molecule has 16 heteroatoms. The zero-order chi connectivity index (χ0) is 15.6. The van der Waals surface area contributed by atoms with Crippen molar-refractivity contribution in [3.8, 4) is 0 Å². The zero-order valence-electron chi connectivity index (χ0n) is 8.94. The molecule has 0 saturated carbocycles. The molecule has 0 rings (SSSR count). The van der Waals surface area contributed by atoms with Crippen molar-refractivity contribution >= 4 is 47.7 Å². The van der Waals surface area contributed by atoms with E-state index in [-0.39, 0.29) is 17.4 Å². The fraction of sp³-hybridized carbons (Fsp3) is 1.00. The molecule has 0 saturated heterocycles. The van der Waals surface area contributed by atoms with E-state index in [9.17, 15) is 25.3 Å². The summed E-state index contributed by atoms with van der Waals surface area (Å²) in [7, 11) is -12.7. The second-order valence-corrected chi connectivity index (χ2v) is 6.30. The van der Waals surface area contributed by atoms with Crippen molar-refractivity contribution in [3.05, 3.63) is 0 Å². The quantitative estimate of drug-likeness (QED) is 0.315. The molecule has 0 aliphatic carbocycles. The van der Waals surface area contributed by atoms with Crippen molar-refractivity contribution in [2.45, 2.75) is 0 Å². The maximum Gasteiger partial charge on any atom is 3.00 e. The van der Waals surface area contributed by atoms with Crippen molar-refractivity contribution in [2.75, 3.05) is 17.8 Å². The van der Waals surface area contributed by atoms with Crippen LogP contribution in [-0.4, -0.2) is 74.1 Å². The molecule has 0 fully saturated rings. The van der Waals surface area contributed by atoms with E-state index in [1.54, 1.807) is 0 Å². The van der Waals surface area contributed by atoms with Crippen molar-refractivity contribution < 1.29 is 54.2 Å². The van der Waals surface area contributed by atoms with Crippen molar-refractivity contribution in [2.24, 2.45) is 0 Å². The molecule has 0 aliphatic rings. The van der Waals surface area contributed by atoms with Crippen LogP contribution in [0.15, 0.2) is 0 Å². The average Bonchev–Trinajstić information content (AvgIpc) is 2.16. The maximum atomic E-state index is 9.24. The van der Waals surface area contributed by atoms with Crippen LogP contribution in [0.25, 0.3) is 0 Å². The van der Waals surface area contributed by atoms with Gasteiger partial charge in [-0.2, -0.15) is 0 Å². The second-order valence-electron chi connectivity index (χ2n) is 2.10. The van der Waals surface area contributed by atoms with Gasteiger partial charge in [0, 0.05) is 0 Å². The van der Waals surface area contributed by atoms with Gasteiger partial charge in [-0.15, -0.1) is 0 Å². The Kier molecular flexibility index (Phi) is 17.2. The fourth-order valence-electron chi connectivity index (χ4n) is 0. The molecule has 12 nitrogen and oxygen atoms in total. The third-order valence-corrected chi connectivity index (χ3v) is 1.34. The largest absolute Gasteiger partial charge is 3.00 e. The van der Waals surface area contributed by atoms with Gasteiger partial charge in [0.25, 0.3) is 0 Å². The topological polar surface area (TPSA) is 232 Å². The van der Waals surface area contributed by atoms with E-state index in [0.29, 0.717) is 0 Å². The standard InChI is InChI=1S/3CH3O4S.Al/c3*2-1-6(3,4)5;/h3*1H2,(H,3,4,5);/q3*-1;+3. The van der Waals surface area contributed by atoms with E-state index in [2.05, 4.69) is 0 Å². The Labute approximate surface area is 120 Å². The predicted molar refractivity (Wildman–Crippen MR) is 55.0 cm³/mol. The molecule has 0 aromatic rings.